The van der Waals surface area contributed by atoms with Crippen LogP contribution >= 0.6 is 12.6 Å². The number of hydrogen-bond donors (Lipinski definition) is 2. The lowest BCUT2D eigenvalue weighted by atomic mass is 10.1. The summed E-state index contributed by atoms with van der Waals surface area (Å²) in [5.74, 6) is 0.489. The number of ether oxygens (including phenoxy) is 2. The highest BCUT2D eigenvalue weighted by Crippen LogP contribution is 2.30. The Morgan fingerprint density at radius 3 is 2.76 bits per heavy atom. The van der Waals surface area contributed by atoms with Gasteiger partial charge in [-0.2, -0.15) is 12.6 Å². The Hall–Kier alpha value is -1.36. The number of benzene rings is 1. The molecule has 0 radical (unpaired) electrons. The molecule has 17 heavy (non-hydrogen) atoms. The third-order valence-corrected chi connectivity index (χ3v) is 2.93. The predicted molar refractivity (Wildman–Crippen MR) is 66.2 cm³/mol. The quantitative estimate of drug-likeness (QED) is 0.807. The zero-order chi connectivity index (χ0) is 12.3. The van der Waals surface area contributed by atoms with E-state index in [1.807, 2.05) is 18.2 Å². The van der Waals surface area contributed by atoms with Crippen LogP contribution in [0.15, 0.2) is 18.2 Å². The molecule has 0 bridgehead atoms. The third-order valence-electron chi connectivity index (χ3n) is 2.53. The maximum Gasteiger partial charge on any atom is 0.316 e. The number of rotatable bonds is 3. The molecule has 0 aliphatic carbocycles. The number of hydrogen-bond acceptors (Lipinski definition) is 4. The van der Waals surface area contributed by atoms with Gasteiger partial charge in [-0.15, -0.1) is 0 Å². The minimum absolute atomic E-state index is 0.370. The first-order valence-electron chi connectivity index (χ1n) is 5.46. The van der Waals surface area contributed by atoms with Gasteiger partial charge in [0.1, 0.15) is 5.25 Å². The molecule has 2 rings (SSSR count). The first-order valence-corrected chi connectivity index (χ1v) is 5.98. The number of aliphatic carboxylic acids is 1. The van der Waals surface area contributed by atoms with Gasteiger partial charge in [-0.05, 0) is 24.1 Å². The average Bonchev–Trinajstić information content (AvgIpc) is 2.53. The second-order valence-corrected chi connectivity index (χ2v) is 4.51. The Labute approximate surface area is 105 Å². The van der Waals surface area contributed by atoms with Gasteiger partial charge in [-0.1, -0.05) is 6.07 Å². The van der Waals surface area contributed by atoms with Gasteiger partial charge in [-0.3, -0.25) is 4.79 Å². The van der Waals surface area contributed by atoms with Crippen molar-refractivity contribution >= 4 is 18.6 Å². The summed E-state index contributed by atoms with van der Waals surface area (Å²) in [6, 6.07) is 5.49. The third kappa shape index (κ3) is 3.06. The zero-order valence-corrected chi connectivity index (χ0v) is 10.2. The van der Waals surface area contributed by atoms with Crippen LogP contribution in [0.3, 0.4) is 0 Å². The Morgan fingerprint density at radius 1 is 1.35 bits per heavy atom. The molecule has 1 aliphatic heterocycles. The van der Waals surface area contributed by atoms with Gasteiger partial charge < -0.3 is 14.6 Å². The number of carboxylic acids is 1. The van der Waals surface area contributed by atoms with Gasteiger partial charge in [0.15, 0.2) is 11.5 Å². The van der Waals surface area contributed by atoms with E-state index in [0.717, 1.165) is 17.7 Å². The molecular formula is C12H14O4S. The molecule has 1 atom stereocenters. The molecule has 4 nitrogen and oxygen atoms in total. The summed E-state index contributed by atoms with van der Waals surface area (Å²) in [5.41, 5.74) is 0.886. The fourth-order valence-electron chi connectivity index (χ4n) is 1.65. The Kier molecular flexibility index (Phi) is 3.78. The second kappa shape index (κ2) is 5.31. The average molecular weight is 254 g/mol. The number of carboxylic acid groups (broad SMARTS) is 1. The van der Waals surface area contributed by atoms with Gasteiger partial charge in [0.25, 0.3) is 0 Å². The Balaban J connectivity index is 2.15. The molecule has 92 valence electrons. The molecule has 0 fully saturated rings. The molecule has 1 aromatic rings. The fourth-order valence-corrected chi connectivity index (χ4v) is 1.86. The fraction of sp³-hybridized carbons (Fsp3) is 0.417. The molecule has 5 heteroatoms. The maximum atomic E-state index is 10.7. The first kappa shape index (κ1) is 12.1. The van der Waals surface area contributed by atoms with Gasteiger partial charge in [0.2, 0.25) is 0 Å². The smallest absolute Gasteiger partial charge is 0.316 e. The van der Waals surface area contributed by atoms with E-state index in [0.29, 0.717) is 25.4 Å². The summed E-state index contributed by atoms with van der Waals surface area (Å²) >= 11 is 4.01. The van der Waals surface area contributed by atoms with Crippen LogP contribution in [-0.2, 0) is 11.2 Å². The van der Waals surface area contributed by atoms with Crippen molar-refractivity contribution in [1.82, 2.24) is 0 Å². The second-order valence-electron chi connectivity index (χ2n) is 3.89. The molecular weight excluding hydrogens is 240 g/mol. The van der Waals surface area contributed by atoms with Crippen molar-refractivity contribution in [2.45, 2.75) is 18.1 Å². The number of fused-ring (bicyclic) bond motifs is 1. The largest absolute Gasteiger partial charge is 0.490 e. The van der Waals surface area contributed by atoms with Crippen molar-refractivity contribution in [3.8, 4) is 11.5 Å². The SMILES string of the molecule is O=C(O)C(S)Cc1ccc2c(c1)OCCCO2. The summed E-state index contributed by atoms with van der Waals surface area (Å²) in [4.78, 5) is 10.7. The van der Waals surface area contributed by atoms with Crippen LogP contribution in [0.2, 0.25) is 0 Å². The van der Waals surface area contributed by atoms with E-state index in [2.05, 4.69) is 12.6 Å². The minimum Gasteiger partial charge on any atom is -0.490 e. The van der Waals surface area contributed by atoms with Crippen molar-refractivity contribution < 1.29 is 19.4 Å². The van der Waals surface area contributed by atoms with Gasteiger partial charge in [0, 0.05) is 6.42 Å². The normalized spacial score (nSPS) is 16.1. The summed E-state index contributed by atoms with van der Waals surface area (Å²) in [6.07, 6.45) is 1.23. The number of thiol groups is 1. The molecule has 1 aromatic carbocycles. The predicted octanol–water partition coefficient (Wildman–Crippen LogP) is 1.77. The topological polar surface area (TPSA) is 55.8 Å². The monoisotopic (exact) mass is 254 g/mol. The molecule has 0 saturated carbocycles. The van der Waals surface area contributed by atoms with Crippen molar-refractivity contribution in [3.63, 3.8) is 0 Å². The summed E-state index contributed by atoms with van der Waals surface area (Å²) in [5, 5.41) is 8.10. The van der Waals surface area contributed by atoms with Crippen LogP contribution in [0.25, 0.3) is 0 Å². The standard InChI is InChI=1S/C12H14O4S/c13-12(14)11(17)7-8-2-3-9-10(6-8)16-5-1-4-15-9/h2-3,6,11,17H,1,4-5,7H2,(H,13,14). The molecule has 0 amide bonds. The van der Waals surface area contributed by atoms with Crippen LogP contribution in [0, 0.1) is 0 Å². The Bertz CT molecular complexity index is 419. The van der Waals surface area contributed by atoms with Crippen molar-refractivity contribution in [3.05, 3.63) is 23.8 Å². The van der Waals surface area contributed by atoms with Crippen LogP contribution in [-0.4, -0.2) is 29.5 Å². The highest BCUT2D eigenvalue weighted by molar-refractivity contribution is 7.81. The first-order chi connectivity index (χ1) is 8.16. The molecule has 0 saturated heterocycles. The van der Waals surface area contributed by atoms with E-state index >= 15 is 0 Å². The lowest BCUT2D eigenvalue weighted by Gasteiger charge is -2.10. The highest BCUT2D eigenvalue weighted by atomic mass is 32.1. The van der Waals surface area contributed by atoms with Crippen LogP contribution in [0.5, 0.6) is 11.5 Å². The zero-order valence-electron chi connectivity index (χ0n) is 9.26. The Morgan fingerprint density at radius 2 is 2.06 bits per heavy atom. The van der Waals surface area contributed by atoms with Gasteiger partial charge in [-0.25, -0.2) is 0 Å². The van der Waals surface area contributed by atoms with Crippen LogP contribution in [0.1, 0.15) is 12.0 Å². The molecule has 0 aromatic heterocycles. The summed E-state index contributed by atoms with van der Waals surface area (Å²) in [7, 11) is 0. The summed E-state index contributed by atoms with van der Waals surface area (Å²) in [6.45, 7) is 1.27. The highest BCUT2D eigenvalue weighted by Gasteiger charge is 2.15. The molecule has 1 heterocycles. The van der Waals surface area contributed by atoms with Crippen molar-refractivity contribution in [2.24, 2.45) is 0 Å². The van der Waals surface area contributed by atoms with Crippen molar-refractivity contribution in [1.29, 1.82) is 0 Å². The maximum absolute atomic E-state index is 10.7. The molecule has 1 unspecified atom stereocenters. The van der Waals surface area contributed by atoms with Gasteiger partial charge >= 0.3 is 5.97 Å². The lowest BCUT2D eigenvalue weighted by molar-refractivity contribution is -0.136. The van der Waals surface area contributed by atoms with Crippen LogP contribution in [0.4, 0.5) is 0 Å². The van der Waals surface area contributed by atoms with E-state index < -0.39 is 11.2 Å². The molecule has 1 aliphatic rings. The van der Waals surface area contributed by atoms with E-state index in [4.69, 9.17) is 14.6 Å². The van der Waals surface area contributed by atoms with E-state index in [1.165, 1.54) is 0 Å². The molecule has 0 spiro atoms. The number of carbonyl (C=O) groups is 1. The van der Waals surface area contributed by atoms with E-state index in [-0.39, 0.29) is 0 Å². The van der Waals surface area contributed by atoms with Crippen LogP contribution < -0.4 is 9.47 Å². The lowest BCUT2D eigenvalue weighted by Crippen LogP contribution is -2.16. The molecule has 1 N–H and O–H groups in total. The minimum atomic E-state index is -0.916. The van der Waals surface area contributed by atoms with E-state index in [9.17, 15) is 4.79 Å². The van der Waals surface area contributed by atoms with E-state index in [1.54, 1.807) is 0 Å². The van der Waals surface area contributed by atoms with Crippen molar-refractivity contribution in [2.75, 3.05) is 13.2 Å². The van der Waals surface area contributed by atoms with Gasteiger partial charge in [0.05, 0.1) is 13.2 Å². The summed E-state index contributed by atoms with van der Waals surface area (Å²) < 4.78 is 11.0.